The van der Waals surface area contributed by atoms with E-state index in [2.05, 4.69) is 5.32 Å². The van der Waals surface area contributed by atoms with Gasteiger partial charge in [0.25, 0.3) is 0 Å². The third-order valence-electron chi connectivity index (χ3n) is 2.10. The fraction of sp³-hybridized carbons (Fsp3) is 0.364. The van der Waals surface area contributed by atoms with E-state index in [1.165, 1.54) is 13.2 Å². The number of benzene rings is 1. The molecule has 0 aliphatic heterocycles. The van der Waals surface area contributed by atoms with Crippen molar-refractivity contribution in [2.24, 2.45) is 0 Å². The van der Waals surface area contributed by atoms with Gasteiger partial charge in [-0.25, -0.2) is 4.79 Å². The van der Waals surface area contributed by atoms with Gasteiger partial charge in [0.05, 0.1) is 12.7 Å². The molecule has 0 aliphatic carbocycles. The number of nitrogens with one attached hydrogen (secondary N) is 1. The molecule has 0 saturated heterocycles. The number of carboxylic acid groups (broad SMARTS) is 1. The molecule has 1 aromatic rings. The first-order valence-electron chi connectivity index (χ1n) is 4.80. The minimum atomic E-state index is -0.941. The number of hydrogen-bond acceptors (Lipinski definition) is 3. The second-order valence-electron chi connectivity index (χ2n) is 3.11. The number of rotatable bonds is 5. The van der Waals surface area contributed by atoms with Gasteiger partial charge < -0.3 is 15.2 Å². The van der Waals surface area contributed by atoms with Crippen LogP contribution in [-0.2, 0) is 6.54 Å². The van der Waals surface area contributed by atoms with Gasteiger partial charge in [-0.15, -0.1) is 0 Å². The number of ether oxygens (including phenoxy) is 1. The highest BCUT2D eigenvalue weighted by atomic mass is 16.5. The van der Waals surface area contributed by atoms with Crippen molar-refractivity contribution in [2.45, 2.75) is 13.5 Å². The van der Waals surface area contributed by atoms with Crippen LogP contribution in [0, 0.1) is 0 Å². The fourth-order valence-corrected chi connectivity index (χ4v) is 1.28. The van der Waals surface area contributed by atoms with Crippen molar-refractivity contribution in [3.05, 3.63) is 29.3 Å². The standard InChI is InChI=1S/C11H15NO3/c1-3-12-7-9-5-4-8(11(13)14)6-10(9)15-2/h4-6,12H,3,7H2,1-2H3,(H,13,14). The average molecular weight is 209 g/mol. The Bertz CT molecular complexity index is 350. The summed E-state index contributed by atoms with van der Waals surface area (Å²) < 4.78 is 5.13. The van der Waals surface area contributed by atoms with Crippen LogP contribution in [0.3, 0.4) is 0 Å². The van der Waals surface area contributed by atoms with E-state index in [0.717, 1.165) is 12.1 Å². The van der Waals surface area contributed by atoms with Gasteiger partial charge in [-0.2, -0.15) is 0 Å². The van der Waals surface area contributed by atoms with Gasteiger partial charge in [0.1, 0.15) is 5.75 Å². The van der Waals surface area contributed by atoms with E-state index in [1.54, 1.807) is 12.1 Å². The van der Waals surface area contributed by atoms with Crippen molar-refractivity contribution in [3.63, 3.8) is 0 Å². The second kappa shape index (κ2) is 5.36. The summed E-state index contributed by atoms with van der Waals surface area (Å²) in [5, 5.41) is 12.0. The number of carboxylic acids is 1. The molecule has 2 N–H and O–H groups in total. The first-order valence-corrected chi connectivity index (χ1v) is 4.80. The molecule has 82 valence electrons. The van der Waals surface area contributed by atoms with Crippen molar-refractivity contribution >= 4 is 5.97 Å². The maximum atomic E-state index is 10.7. The van der Waals surface area contributed by atoms with Crippen molar-refractivity contribution in [1.29, 1.82) is 0 Å². The highest BCUT2D eigenvalue weighted by molar-refractivity contribution is 5.88. The molecule has 15 heavy (non-hydrogen) atoms. The highest BCUT2D eigenvalue weighted by Crippen LogP contribution is 2.20. The van der Waals surface area contributed by atoms with Crippen LogP contribution in [-0.4, -0.2) is 24.7 Å². The Kier molecular flexibility index (Phi) is 4.12. The quantitative estimate of drug-likeness (QED) is 0.771. The summed E-state index contributed by atoms with van der Waals surface area (Å²) in [7, 11) is 1.54. The van der Waals surface area contributed by atoms with Crippen molar-refractivity contribution in [1.82, 2.24) is 5.32 Å². The Balaban J connectivity index is 2.93. The molecule has 0 saturated carbocycles. The third-order valence-corrected chi connectivity index (χ3v) is 2.10. The summed E-state index contributed by atoms with van der Waals surface area (Å²) in [6.07, 6.45) is 0. The number of carbonyl (C=O) groups is 1. The molecule has 1 rings (SSSR count). The minimum Gasteiger partial charge on any atom is -0.496 e. The minimum absolute atomic E-state index is 0.243. The van der Waals surface area contributed by atoms with E-state index in [1.807, 2.05) is 6.92 Å². The summed E-state index contributed by atoms with van der Waals surface area (Å²) in [5.41, 5.74) is 1.21. The molecular weight excluding hydrogens is 194 g/mol. The average Bonchev–Trinajstić information content (AvgIpc) is 2.25. The first-order chi connectivity index (χ1) is 7.19. The maximum Gasteiger partial charge on any atom is 0.335 e. The lowest BCUT2D eigenvalue weighted by atomic mass is 10.1. The predicted molar refractivity (Wildman–Crippen MR) is 57.3 cm³/mol. The summed E-state index contributed by atoms with van der Waals surface area (Å²) in [4.78, 5) is 10.7. The molecule has 0 amide bonds. The molecule has 0 aromatic heterocycles. The predicted octanol–water partition coefficient (Wildman–Crippen LogP) is 1.50. The van der Waals surface area contributed by atoms with Crippen molar-refractivity contribution in [3.8, 4) is 5.75 Å². The van der Waals surface area contributed by atoms with Crippen LogP contribution < -0.4 is 10.1 Å². The van der Waals surface area contributed by atoms with Crippen LogP contribution in [0.25, 0.3) is 0 Å². The molecule has 1 aromatic carbocycles. The van der Waals surface area contributed by atoms with Crippen molar-refractivity contribution in [2.75, 3.05) is 13.7 Å². The van der Waals surface area contributed by atoms with Gasteiger partial charge >= 0.3 is 5.97 Å². The molecule has 0 atom stereocenters. The zero-order valence-corrected chi connectivity index (χ0v) is 8.91. The zero-order chi connectivity index (χ0) is 11.3. The Morgan fingerprint density at radius 2 is 2.27 bits per heavy atom. The normalized spacial score (nSPS) is 10.0. The molecule has 0 aliphatic rings. The molecule has 0 fully saturated rings. The summed E-state index contributed by atoms with van der Waals surface area (Å²) in [6.45, 7) is 3.56. The van der Waals surface area contributed by atoms with Crippen LogP contribution in [0.15, 0.2) is 18.2 Å². The molecular formula is C11H15NO3. The lowest BCUT2D eigenvalue weighted by Gasteiger charge is -2.09. The Hall–Kier alpha value is -1.55. The van der Waals surface area contributed by atoms with E-state index in [-0.39, 0.29) is 5.56 Å². The molecule has 0 unspecified atom stereocenters. The number of aromatic carboxylic acids is 1. The number of methoxy groups -OCH3 is 1. The van der Waals surface area contributed by atoms with Gasteiger partial charge in [0, 0.05) is 12.1 Å². The second-order valence-corrected chi connectivity index (χ2v) is 3.11. The Morgan fingerprint density at radius 3 is 2.80 bits per heavy atom. The van der Waals surface area contributed by atoms with Crippen LogP contribution >= 0.6 is 0 Å². The molecule has 0 radical (unpaired) electrons. The largest absolute Gasteiger partial charge is 0.496 e. The first kappa shape index (κ1) is 11.5. The molecule has 4 nitrogen and oxygen atoms in total. The summed E-state index contributed by atoms with van der Waals surface area (Å²) in [5.74, 6) is -0.334. The van der Waals surface area contributed by atoms with Crippen molar-refractivity contribution < 1.29 is 14.6 Å². The van der Waals surface area contributed by atoms with Gasteiger partial charge in [0.2, 0.25) is 0 Å². The maximum absolute atomic E-state index is 10.7. The third kappa shape index (κ3) is 2.95. The van der Waals surface area contributed by atoms with Gasteiger partial charge in [-0.3, -0.25) is 0 Å². The zero-order valence-electron chi connectivity index (χ0n) is 8.91. The topological polar surface area (TPSA) is 58.6 Å². The van der Waals surface area contributed by atoms with E-state index in [9.17, 15) is 4.79 Å². The van der Waals surface area contributed by atoms with Gasteiger partial charge in [-0.05, 0) is 18.7 Å². The van der Waals surface area contributed by atoms with E-state index >= 15 is 0 Å². The van der Waals surface area contributed by atoms with Crippen LogP contribution in [0.5, 0.6) is 5.75 Å². The number of hydrogen-bond donors (Lipinski definition) is 2. The van der Waals surface area contributed by atoms with Gasteiger partial charge in [-0.1, -0.05) is 13.0 Å². The summed E-state index contributed by atoms with van der Waals surface area (Å²) >= 11 is 0. The fourth-order valence-electron chi connectivity index (χ4n) is 1.28. The van der Waals surface area contributed by atoms with Crippen LogP contribution in [0.1, 0.15) is 22.8 Å². The van der Waals surface area contributed by atoms with Crippen LogP contribution in [0.2, 0.25) is 0 Å². The van der Waals surface area contributed by atoms with Crippen LogP contribution in [0.4, 0.5) is 0 Å². The monoisotopic (exact) mass is 209 g/mol. The van der Waals surface area contributed by atoms with E-state index in [0.29, 0.717) is 12.3 Å². The van der Waals surface area contributed by atoms with Gasteiger partial charge in [0.15, 0.2) is 0 Å². The smallest absolute Gasteiger partial charge is 0.335 e. The highest BCUT2D eigenvalue weighted by Gasteiger charge is 2.08. The molecule has 0 spiro atoms. The Morgan fingerprint density at radius 1 is 1.53 bits per heavy atom. The lowest BCUT2D eigenvalue weighted by molar-refractivity contribution is 0.0696. The summed E-state index contributed by atoms with van der Waals surface area (Å²) in [6, 6.07) is 4.89. The SMILES string of the molecule is CCNCc1ccc(C(=O)O)cc1OC. The molecule has 0 bridgehead atoms. The molecule has 4 heteroatoms. The van der Waals surface area contributed by atoms with E-state index < -0.39 is 5.97 Å². The van der Waals surface area contributed by atoms with E-state index in [4.69, 9.17) is 9.84 Å². The Labute approximate surface area is 88.9 Å². The lowest BCUT2D eigenvalue weighted by Crippen LogP contribution is -2.13. The molecule has 0 heterocycles.